The van der Waals surface area contributed by atoms with Crippen LogP contribution in [0.15, 0.2) is 52.1 Å². The van der Waals surface area contributed by atoms with Crippen LogP contribution in [-0.2, 0) is 12.8 Å². The highest BCUT2D eigenvalue weighted by Gasteiger charge is 2.18. The van der Waals surface area contributed by atoms with Gasteiger partial charge in [0, 0.05) is 42.0 Å². The van der Waals surface area contributed by atoms with E-state index in [2.05, 4.69) is 15.0 Å². The van der Waals surface area contributed by atoms with Crippen molar-refractivity contribution in [3.63, 3.8) is 0 Å². The van der Waals surface area contributed by atoms with Crippen LogP contribution in [0.5, 0.6) is 11.8 Å². The first-order valence-electron chi connectivity index (χ1n) is 9.40. The number of aromatic nitrogens is 3. The summed E-state index contributed by atoms with van der Waals surface area (Å²) in [5.41, 5.74) is 7.72. The summed E-state index contributed by atoms with van der Waals surface area (Å²) in [5.74, 6) is -0.335. The summed E-state index contributed by atoms with van der Waals surface area (Å²) >= 11 is 0. The Kier molecular flexibility index (Phi) is 5.14. The van der Waals surface area contributed by atoms with Gasteiger partial charge in [-0.1, -0.05) is 6.92 Å². The minimum absolute atomic E-state index is 0.0646. The van der Waals surface area contributed by atoms with Crippen LogP contribution in [0.2, 0.25) is 0 Å². The van der Waals surface area contributed by atoms with Gasteiger partial charge in [0.05, 0.1) is 0 Å². The fourth-order valence-electron chi connectivity index (χ4n) is 3.39. The van der Waals surface area contributed by atoms with Crippen LogP contribution in [0.4, 0.5) is 10.2 Å². The highest BCUT2D eigenvalue weighted by molar-refractivity contribution is 5.84. The van der Waals surface area contributed by atoms with Crippen molar-refractivity contribution in [2.45, 2.75) is 26.7 Å². The highest BCUT2D eigenvalue weighted by Crippen LogP contribution is 2.31. The summed E-state index contributed by atoms with van der Waals surface area (Å²) < 4.78 is 25.6. The summed E-state index contributed by atoms with van der Waals surface area (Å²) in [7, 11) is 0. The smallest absolute Gasteiger partial charge is 0.340 e. The van der Waals surface area contributed by atoms with Gasteiger partial charge in [-0.25, -0.2) is 24.1 Å². The van der Waals surface area contributed by atoms with E-state index in [1.807, 2.05) is 19.9 Å². The van der Waals surface area contributed by atoms with Crippen LogP contribution >= 0.6 is 0 Å². The molecule has 0 fully saturated rings. The largest absolute Gasteiger partial charge is 0.424 e. The molecule has 0 bridgehead atoms. The van der Waals surface area contributed by atoms with Gasteiger partial charge < -0.3 is 14.9 Å². The second kappa shape index (κ2) is 7.90. The van der Waals surface area contributed by atoms with Crippen molar-refractivity contribution >= 4 is 16.8 Å². The zero-order valence-corrected chi connectivity index (χ0v) is 16.5. The minimum Gasteiger partial charge on any atom is -0.424 e. The lowest BCUT2D eigenvalue weighted by atomic mass is 9.96. The number of anilines is 1. The Bertz CT molecular complexity index is 1290. The monoisotopic (exact) mass is 406 g/mol. The summed E-state index contributed by atoms with van der Waals surface area (Å²) in [6.07, 6.45) is 5.20. The second-order valence-corrected chi connectivity index (χ2v) is 6.79. The van der Waals surface area contributed by atoms with Crippen molar-refractivity contribution in [3.05, 3.63) is 81.3 Å². The van der Waals surface area contributed by atoms with Gasteiger partial charge in [-0.3, -0.25) is 0 Å². The second-order valence-electron chi connectivity index (χ2n) is 6.79. The number of aryl methyl sites for hydroxylation is 2. The maximum Gasteiger partial charge on any atom is 0.340 e. The van der Waals surface area contributed by atoms with E-state index in [0.29, 0.717) is 28.9 Å². The molecule has 0 aliphatic rings. The van der Waals surface area contributed by atoms with Crippen molar-refractivity contribution in [1.82, 2.24) is 15.0 Å². The molecule has 0 amide bonds. The van der Waals surface area contributed by atoms with Crippen LogP contribution in [0.3, 0.4) is 0 Å². The predicted octanol–water partition coefficient (Wildman–Crippen LogP) is 3.95. The number of nitrogens with two attached hydrogens (primary N) is 1. The first-order chi connectivity index (χ1) is 14.5. The summed E-state index contributed by atoms with van der Waals surface area (Å²) in [5, 5.41) is 0.772. The molecule has 0 saturated heterocycles. The molecule has 3 aromatic heterocycles. The fourth-order valence-corrected chi connectivity index (χ4v) is 3.39. The molecule has 4 rings (SSSR count). The Hall–Kier alpha value is -3.81. The average Bonchev–Trinajstić information content (AvgIpc) is 2.74. The van der Waals surface area contributed by atoms with Gasteiger partial charge in [0.1, 0.15) is 11.3 Å². The van der Waals surface area contributed by atoms with Gasteiger partial charge in [0.2, 0.25) is 0 Å². The fraction of sp³-hybridized carbons (Fsp3) is 0.182. The van der Waals surface area contributed by atoms with Crippen molar-refractivity contribution in [1.29, 1.82) is 0 Å². The van der Waals surface area contributed by atoms with Crippen molar-refractivity contribution in [2.75, 3.05) is 5.73 Å². The Morgan fingerprint density at radius 1 is 1.13 bits per heavy atom. The lowest BCUT2D eigenvalue weighted by Gasteiger charge is -2.13. The van der Waals surface area contributed by atoms with E-state index in [4.69, 9.17) is 14.9 Å². The first-order valence-corrected chi connectivity index (χ1v) is 9.40. The number of hydrogen-bond acceptors (Lipinski definition) is 7. The van der Waals surface area contributed by atoms with Crippen LogP contribution in [0, 0.1) is 12.7 Å². The molecule has 0 aliphatic heterocycles. The van der Waals surface area contributed by atoms with Crippen LogP contribution in [0.1, 0.15) is 29.2 Å². The van der Waals surface area contributed by atoms with E-state index < -0.39 is 11.4 Å². The maximum absolute atomic E-state index is 14.3. The zero-order chi connectivity index (χ0) is 21.3. The molecule has 0 unspecified atom stereocenters. The van der Waals surface area contributed by atoms with Crippen LogP contribution in [-0.4, -0.2) is 15.0 Å². The van der Waals surface area contributed by atoms with E-state index in [1.54, 1.807) is 24.5 Å². The molecule has 8 heteroatoms. The molecule has 3 heterocycles. The van der Waals surface area contributed by atoms with Crippen molar-refractivity contribution in [3.8, 4) is 11.8 Å². The third-order valence-electron chi connectivity index (χ3n) is 4.88. The Morgan fingerprint density at radius 3 is 2.63 bits per heavy atom. The van der Waals surface area contributed by atoms with Gasteiger partial charge in [0.25, 0.3) is 0 Å². The van der Waals surface area contributed by atoms with Gasteiger partial charge in [0.15, 0.2) is 11.6 Å². The van der Waals surface area contributed by atoms with Crippen molar-refractivity contribution in [2.24, 2.45) is 0 Å². The third kappa shape index (κ3) is 3.59. The number of hydrogen-bond donors (Lipinski definition) is 1. The van der Waals surface area contributed by atoms with E-state index in [1.165, 1.54) is 12.3 Å². The summed E-state index contributed by atoms with van der Waals surface area (Å²) in [6.45, 7) is 3.82. The quantitative estimate of drug-likeness (QED) is 0.500. The van der Waals surface area contributed by atoms with Gasteiger partial charge in [-0.15, -0.1) is 0 Å². The van der Waals surface area contributed by atoms with Crippen molar-refractivity contribution < 1.29 is 13.5 Å². The van der Waals surface area contributed by atoms with E-state index in [9.17, 15) is 9.18 Å². The van der Waals surface area contributed by atoms with E-state index >= 15 is 0 Å². The Labute approximate surface area is 171 Å². The highest BCUT2D eigenvalue weighted by atomic mass is 19.1. The van der Waals surface area contributed by atoms with Gasteiger partial charge in [-0.2, -0.15) is 0 Å². The molecule has 0 atom stereocenters. The molecule has 0 radical (unpaired) electrons. The number of halogens is 1. The molecular formula is C22H19FN4O3. The summed E-state index contributed by atoms with van der Waals surface area (Å²) in [6, 6.07) is 6.93. The Balaban J connectivity index is 1.82. The molecule has 30 heavy (non-hydrogen) atoms. The van der Waals surface area contributed by atoms with E-state index in [0.717, 1.165) is 16.5 Å². The number of benzene rings is 1. The molecule has 0 aliphatic carbocycles. The third-order valence-corrected chi connectivity index (χ3v) is 4.88. The molecular weight excluding hydrogens is 387 g/mol. The zero-order valence-electron chi connectivity index (χ0n) is 16.5. The standard InChI is InChI=1S/C22H19FN4O3/c1-3-14-15-9-12(2)17(30-22-26-6-4-7-27-22)11-18(15)29-21(28)16(14)10-13-5-8-25-20(24)19(13)23/h4-9,11H,3,10H2,1-2H3,(H2,24,25). The lowest BCUT2D eigenvalue weighted by Crippen LogP contribution is -2.14. The van der Waals surface area contributed by atoms with E-state index in [-0.39, 0.29) is 18.2 Å². The minimum atomic E-state index is -0.623. The number of fused-ring (bicyclic) bond motifs is 1. The molecule has 4 aromatic rings. The maximum atomic E-state index is 14.3. The molecule has 0 saturated carbocycles. The lowest BCUT2D eigenvalue weighted by molar-refractivity contribution is 0.437. The van der Waals surface area contributed by atoms with Gasteiger partial charge in [-0.05, 0) is 48.2 Å². The number of pyridine rings is 1. The molecule has 2 N–H and O–H groups in total. The topological polar surface area (TPSA) is 104 Å². The Morgan fingerprint density at radius 2 is 1.90 bits per heavy atom. The molecule has 0 spiro atoms. The number of rotatable bonds is 5. The first kappa shape index (κ1) is 19.5. The molecule has 152 valence electrons. The van der Waals surface area contributed by atoms with Crippen LogP contribution in [0.25, 0.3) is 11.0 Å². The molecule has 1 aromatic carbocycles. The summed E-state index contributed by atoms with van der Waals surface area (Å²) in [4.78, 5) is 24.6. The number of nitrogen functional groups attached to an aromatic ring is 1. The normalized spacial score (nSPS) is 11.0. The predicted molar refractivity (Wildman–Crippen MR) is 110 cm³/mol. The number of ether oxygens (including phenoxy) is 1. The van der Waals surface area contributed by atoms with Gasteiger partial charge >= 0.3 is 11.6 Å². The SMILES string of the molecule is CCc1c(Cc2ccnc(N)c2F)c(=O)oc2cc(Oc3ncccn3)c(C)cc12. The average molecular weight is 406 g/mol. The molecule has 7 nitrogen and oxygen atoms in total. The number of nitrogens with zero attached hydrogens (tertiary/aromatic N) is 3. The van der Waals surface area contributed by atoms with Crippen LogP contribution < -0.4 is 16.1 Å².